The van der Waals surface area contributed by atoms with Crippen molar-refractivity contribution < 1.29 is 0 Å². The summed E-state index contributed by atoms with van der Waals surface area (Å²) in [6.07, 6.45) is 0. The van der Waals surface area contributed by atoms with E-state index in [1.165, 1.54) is 5.56 Å². The molecule has 0 bridgehead atoms. The summed E-state index contributed by atoms with van der Waals surface area (Å²) in [6.45, 7) is 2.09. The summed E-state index contributed by atoms with van der Waals surface area (Å²) >= 11 is 1.70. The molecule has 13 heavy (non-hydrogen) atoms. The van der Waals surface area contributed by atoms with Crippen molar-refractivity contribution in [2.45, 2.75) is 6.92 Å². The predicted molar refractivity (Wildman–Crippen MR) is 58.8 cm³/mol. The molecule has 0 aliphatic heterocycles. The van der Waals surface area contributed by atoms with E-state index in [9.17, 15) is 0 Å². The highest BCUT2D eigenvalue weighted by atomic mass is 32.1. The van der Waals surface area contributed by atoms with Gasteiger partial charge in [0.1, 0.15) is 0 Å². The zero-order valence-corrected chi connectivity index (χ0v) is 8.27. The molecular weight excluding hydrogens is 178 g/mol. The topological polar surface area (TPSA) is 12.0 Å². The first-order valence-electron chi connectivity index (χ1n) is 4.20. The Morgan fingerprint density at radius 3 is 2.38 bits per heavy atom. The largest absolute Gasteiger partial charge is 0.355 e. The van der Waals surface area contributed by atoms with Crippen LogP contribution >= 0.6 is 11.3 Å². The lowest BCUT2D eigenvalue weighted by molar-refractivity contribution is 1.46. The maximum atomic E-state index is 3.32. The van der Waals surface area contributed by atoms with Crippen molar-refractivity contribution in [3.8, 4) is 0 Å². The van der Waals surface area contributed by atoms with Crippen molar-refractivity contribution in [3.05, 3.63) is 46.7 Å². The lowest BCUT2D eigenvalue weighted by atomic mass is 10.2. The van der Waals surface area contributed by atoms with Crippen LogP contribution in [-0.4, -0.2) is 0 Å². The molecule has 0 radical (unpaired) electrons. The van der Waals surface area contributed by atoms with Crippen molar-refractivity contribution in [1.29, 1.82) is 0 Å². The minimum absolute atomic E-state index is 1.14. The minimum Gasteiger partial charge on any atom is -0.355 e. The Labute approximate surface area is 82.0 Å². The third kappa shape index (κ3) is 2.10. The third-order valence-electron chi connectivity index (χ3n) is 1.86. The fourth-order valence-electron chi connectivity index (χ4n) is 1.14. The first-order valence-corrected chi connectivity index (χ1v) is 5.15. The number of nitrogens with one attached hydrogen (secondary N) is 1. The molecule has 0 aliphatic carbocycles. The molecule has 0 saturated heterocycles. The molecule has 0 spiro atoms. The van der Waals surface area contributed by atoms with Crippen LogP contribution < -0.4 is 5.32 Å². The van der Waals surface area contributed by atoms with Crippen LogP contribution in [0.1, 0.15) is 5.56 Å². The summed E-state index contributed by atoms with van der Waals surface area (Å²) < 4.78 is 0. The Bertz CT molecular complexity index is 361. The lowest BCUT2D eigenvalue weighted by Crippen LogP contribution is -1.86. The molecule has 0 unspecified atom stereocenters. The molecule has 2 heteroatoms. The summed E-state index contributed by atoms with van der Waals surface area (Å²) in [7, 11) is 0. The second kappa shape index (κ2) is 3.62. The van der Waals surface area contributed by atoms with Gasteiger partial charge in [-0.2, -0.15) is 11.3 Å². The van der Waals surface area contributed by atoms with Gasteiger partial charge in [-0.15, -0.1) is 0 Å². The normalized spacial score (nSPS) is 9.92. The fourth-order valence-corrected chi connectivity index (χ4v) is 1.73. The Balaban J connectivity index is 2.15. The van der Waals surface area contributed by atoms with E-state index in [2.05, 4.69) is 53.3 Å². The first kappa shape index (κ1) is 8.32. The molecule has 1 nitrogen and oxygen atoms in total. The highest BCUT2D eigenvalue weighted by Gasteiger charge is 1.93. The van der Waals surface area contributed by atoms with Crippen molar-refractivity contribution in [3.63, 3.8) is 0 Å². The van der Waals surface area contributed by atoms with Crippen LogP contribution in [-0.2, 0) is 0 Å². The number of hydrogen-bond donors (Lipinski definition) is 1. The second-order valence-electron chi connectivity index (χ2n) is 3.00. The van der Waals surface area contributed by atoms with Gasteiger partial charge >= 0.3 is 0 Å². The van der Waals surface area contributed by atoms with E-state index in [0.717, 1.165) is 11.4 Å². The summed E-state index contributed by atoms with van der Waals surface area (Å²) in [4.78, 5) is 0. The van der Waals surface area contributed by atoms with Gasteiger partial charge in [0.2, 0.25) is 0 Å². The molecule has 1 N–H and O–H groups in total. The van der Waals surface area contributed by atoms with Gasteiger partial charge in [-0.1, -0.05) is 17.7 Å². The quantitative estimate of drug-likeness (QED) is 0.757. The smallest absolute Gasteiger partial charge is 0.0492 e. The molecule has 0 saturated carbocycles. The van der Waals surface area contributed by atoms with Gasteiger partial charge in [0, 0.05) is 16.8 Å². The molecule has 0 atom stereocenters. The Morgan fingerprint density at radius 1 is 1.00 bits per heavy atom. The van der Waals surface area contributed by atoms with E-state index in [4.69, 9.17) is 0 Å². The lowest BCUT2D eigenvalue weighted by Gasteiger charge is -2.03. The van der Waals surface area contributed by atoms with Crippen LogP contribution in [0.25, 0.3) is 0 Å². The average Bonchev–Trinajstić information content (AvgIpc) is 2.62. The first-order chi connectivity index (χ1) is 6.34. The van der Waals surface area contributed by atoms with E-state index in [1.54, 1.807) is 11.3 Å². The van der Waals surface area contributed by atoms with Crippen LogP contribution in [0.2, 0.25) is 0 Å². The Kier molecular flexibility index (Phi) is 2.32. The van der Waals surface area contributed by atoms with Crippen LogP contribution in [0.3, 0.4) is 0 Å². The number of thiophene rings is 1. The van der Waals surface area contributed by atoms with E-state index < -0.39 is 0 Å². The van der Waals surface area contributed by atoms with Gasteiger partial charge in [0.25, 0.3) is 0 Å². The van der Waals surface area contributed by atoms with Gasteiger partial charge in [0.05, 0.1) is 0 Å². The number of hydrogen-bond acceptors (Lipinski definition) is 2. The zero-order chi connectivity index (χ0) is 9.10. The van der Waals surface area contributed by atoms with Crippen molar-refractivity contribution in [2.75, 3.05) is 5.32 Å². The van der Waals surface area contributed by atoms with Gasteiger partial charge in [0.15, 0.2) is 0 Å². The molecule has 2 rings (SSSR count). The van der Waals surface area contributed by atoms with Crippen LogP contribution in [0.5, 0.6) is 0 Å². The monoisotopic (exact) mass is 189 g/mol. The summed E-state index contributed by atoms with van der Waals surface area (Å²) in [5.74, 6) is 0. The van der Waals surface area contributed by atoms with Crippen LogP contribution in [0.4, 0.5) is 11.4 Å². The van der Waals surface area contributed by atoms with Crippen LogP contribution in [0.15, 0.2) is 41.1 Å². The van der Waals surface area contributed by atoms with Gasteiger partial charge in [-0.3, -0.25) is 0 Å². The van der Waals surface area contributed by atoms with Gasteiger partial charge < -0.3 is 5.32 Å². The fraction of sp³-hybridized carbons (Fsp3) is 0.0909. The highest BCUT2D eigenvalue weighted by molar-refractivity contribution is 7.08. The molecule has 1 heterocycles. The SMILES string of the molecule is Cc1ccc(Nc2ccsc2)cc1. The highest BCUT2D eigenvalue weighted by Crippen LogP contribution is 2.18. The molecule has 0 amide bonds. The predicted octanol–water partition coefficient (Wildman–Crippen LogP) is 3.80. The van der Waals surface area contributed by atoms with E-state index in [1.807, 2.05) is 0 Å². The maximum Gasteiger partial charge on any atom is 0.0492 e. The average molecular weight is 189 g/mol. The summed E-state index contributed by atoms with van der Waals surface area (Å²) in [5.41, 5.74) is 3.59. The molecule has 1 aromatic carbocycles. The molecular formula is C11H11NS. The molecule has 1 aromatic heterocycles. The summed E-state index contributed by atoms with van der Waals surface area (Å²) in [6, 6.07) is 10.5. The maximum absolute atomic E-state index is 3.32. The van der Waals surface area contributed by atoms with E-state index in [0.29, 0.717) is 0 Å². The Morgan fingerprint density at radius 2 is 1.77 bits per heavy atom. The number of benzene rings is 1. The molecule has 0 aliphatic rings. The second-order valence-corrected chi connectivity index (χ2v) is 3.78. The minimum atomic E-state index is 1.14. The van der Waals surface area contributed by atoms with E-state index in [-0.39, 0.29) is 0 Å². The molecule has 66 valence electrons. The van der Waals surface area contributed by atoms with Crippen molar-refractivity contribution >= 4 is 22.7 Å². The van der Waals surface area contributed by atoms with Crippen molar-refractivity contribution in [1.82, 2.24) is 0 Å². The van der Waals surface area contributed by atoms with Crippen LogP contribution in [0, 0.1) is 6.92 Å². The third-order valence-corrected chi connectivity index (χ3v) is 2.54. The molecule has 0 fully saturated rings. The number of rotatable bonds is 2. The Hall–Kier alpha value is -1.28. The van der Waals surface area contributed by atoms with Gasteiger partial charge in [-0.05, 0) is 30.5 Å². The molecule has 2 aromatic rings. The van der Waals surface area contributed by atoms with E-state index >= 15 is 0 Å². The number of anilines is 2. The zero-order valence-electron chi connectivity index (χ0n) is 7.45. The summed E-state index contributed by atoms with van der Waals surface area (Å²) in [5, 5.41) is 7.48. The van der Waals surface area contributed by atoms with Crippen molar-refractivity contribution in [2.24, 2.45) is 0 Å². The van der Waals surface area contributed by atoms with Gasteiger partial charge in [-0.25, -0.2) is 0 Å². The number of aryl methyl sites for hydroxylation is 1. The standard InChI is InChI=1S/C11H11NS/c1-9-2-4-10(5-3-9)12-11-6-7-13-8-11/h2-8,12H,1H3.